The van der Waals surface area contributed by atoms with Crippen molar-refractivity contribution in [3.05, 3.63) is 29.8 Å². The van der Waals surface area contributed by atoms with Crippen LogP contribution in [0.15, 0.2) is 29.3 Å². The Hall–Kier alpha value is -1.76. The first-order valence-corrected chi connectivity index (χ1v) is 10.2. The highest BCUT2D eigenvalue weighted by atomic mass is 32.2. The molecule has 6 nitrogen and oxygen atoms in total. The van der Waals surface area contributed by atoms with Crippen molar-refractivity contribution in [1.82, 2.24) is 10.6 Å². The monoisotopic (exact) mass is 355 g/mol. The second-order valence-electron chi connectivity index (χ2n) is 5.98. The fourth-order valence-corrected chi connectivity index (χ4v) is 2.78. The van der Waals surface area contributed by atoms with E-state index in [1.54, 1.807) is 7.05 Å². The van der Waals surface area contributed by atoms with Crippen LogP contribution in [0.1, 0.15) is 25.3 Å². The maximum Gasteiger partial charge on any atom is 0.191 e. The summed E-state index contributed by atoms with van der Waals surface area (Å²) in [4.78, 5) is 4.14. The van der Waals surface area contributed by atoms with E-state index < -0.39 is 9.84 Å². The van der Waals surface area contributed by atoms with Crippen LogP contribution in [0.25, 0.3) is 0 Å². The van der Waals surface area contributed by atoms with Crippen molar-refractivity contribution >= 4 is 15.8 Å². The second kappa shape index (κ2) is 10.2. The number of rotatable bonds is 9. The Balaban J connectivity index is 2.20. The normalized spacial score (nSPS) is 13.4. The second-order valence-corrected chi connectivity index (χ2v) is 8.24. The van der Waals surface area contributed by atoms with Gasteiger partial charge in [-0.3, -0.25) is 4.99 Å². The molecular weight excluding hydrogens is 326 g/mol. The molecule has 136 valence electrons. The largest absolute Gasteiger partial charge is 0.494 e. The average Bonchev–Trinajstić information content (AvgIpc) is 2.52. The first-order chi connectivity index (χ1) is 11.3. The first kappa shape index (κ1) is 20.3. The summed E-state index contributed by atoms with van der Waals surface area (Å²) in [6.45, 7) is 5.34. The Labute approximate surface area is 145 Å². The fourth-order valence-electron chi connectivity index (χ4n) is 1.99. The van der Waals surface area contributed by atoms with Gasteiger partial charge in [-0.1, -0.05) is 17.7 Å². The molecule has 0 saturated carbocycles. The summed E-state index contributed by atoms with van der Waals surface area (Å²) in [5.41, 5.74) is 1.21. The minimum atomic E-state index is -2.93. The van der Waals surface area contributed by atoms with Crippen molar-refractivity contribution < 1.29 is 13.2 Å². The molecule has 0 aliphatic rings. The first-order valence-electron chi connectivity index (χ1n) is 8.14. The minimum absolute atomic E-state index is 0.0368. The molecule has 1 atom stereocenters. The van der Waals surface area contributed by atoms with Crippen molar-refractivity contribution in [3.8, 4) is 5.75 Å². The van der Waals surface area contributed by atoms with E-state index in [1.807, 2.05) is 38.1 Å². The summed E-state index contributed by atoms with van der Waals surface area (Å²) in [5, 5.41) is 6.39. The summed E-state index contributed by atoms with van der Waals surface area (Å²) >= 11 is 0. The highest BCUT2D eigenvalue weighted by Gasteiger charge is 2.09. The van der Waals surface area contributed by atoms with E-state index in [-0.39, 0.29) is 11.8 Å². The lowest BCUT2D eigenvalue weighted by atomic mass is 10.2. The molecule has 1 aromatic rings. The van der Waals surface area contributed by atoms with Crippen LogP contribution in [0.4, 0.5) is 0 Å². The minimum Gasteiger partial charge on any atom is -0.494 e. The van der Waals surface area contributed by atoms with Crippen LogP contribution in [0.2, 0.25) is 0 Å². The molecular formula is C17H29N3O3S. The van der Waals surface area contributed by atoms with Crippen LogP contribution in [0, 0.1) is 6.92 Å². The molecule has 1 aromatic carbocycles. The number of ether oxygens (including phenoxy) is 1. The molecule has 2 N–H and O–H groups in total. The van der Waals surface area contributed by atoms with Crippen molar-refractivity contribution in [2.45, 2.75) is 32.7 Å². The Morgan fingerprint density at radius 3 is 2.54 bits per heavy atom. The molecule has 7 heteroatoms. The fraction of sp³-hybridized carbons (Fsp3) is 0.588. The molecule has 0 aliphatic heterocycles. The average molecular weight is 356 g/mol. The van der Waals surface area contributed by atoms with E-state index in [2.05, 4.69) is 15.6 Å². The third-order valence-corrected chi connectivity index (χ3v) is 4.41. The SMILES string of the molecule is CN=C(NCCCOc1ccc(C)cc1)NC(C)CCS(C)(=O)=O. The molecule has 0 saturated heterocycles. The van der Waals surface area contributed by atoms with Gasteiger partial charge in [0.2, 0.25) is 0 Å². The molecule has 1 rings (SSSR count). The number of hydrogen-bond donors (Lipinski definition) is 2. The smallest absolute Gasteiger partial charge is 0.191 e. The predicted molar refractivity (Wildman–Crippen MR) is 99.6 cm³/mol. The molecule has 0 fully saturated rings. The maximum absolute atomic E-state index is 11.2. The van der Waals surface area contributed by atoms with Crippen LogP contribution in [-0.2, 0) is 9.84 Å². The van der Waals surface area contributed by atoms with Gasteiger partial charge in [-0.2, -0.15) is 0 Å². The van der Waals surface area contributed by atoms with Gasteiger partial charge in [-0.25, -0.2) is 8.42 Å². The Morgan fingerprint density at radius 2 is 1.96 bits per heavy atom. The summed E-state index contributed by atoms with van der Waals surface area (Å²) in [6.07, 6.45) is 2.64. The van der Waals surface area contributed by atoms with Crippen LogP contribution < -0.4 is 15.4 Å². The van der Waals surface area contributed by atoms with Crippen LogP contribution >= 0.6 is 0 Å². The molecule has 24 heavy (non-hydrogen) atoms. The molecule has 0 amide bonds. The zero-order chi connectivity index (χ0) is 18.0. The van der Waals surface area contributed by atoms with E-state index in [9.17, 15) is 8.42 Å². The van der Waals surface area contributed by atoms with Crippen molar-refractivity contribution in [2.24, 2.45) is 4.99 Å². The van der Waals surface area contributed by atoms with Gasteiger partial charge >= 0.3 is 0 Å². The number of hydrogen-bond acceptors (Lipinski definition) is 4. The Bertz CT molecular complexity index is 612. The van der Waals surface area contributed by atoms with Gasteiger partial charge in [-0.15, -0.1) is 0 Å². The van der Waals surface area contributed by atoms with Gasteiger partial charge in [0.25, 0.3) is 0 Å². The lowest BCUT2D eigenvalue weighted by Gasteiger charge is -2.17. The third kappa shape index (κ3) is 9.39. The van der Waals surface area contributed by atoms with E-state index in [0.29, 0.717) is 19.0 Å². The van der Waals surface area contributed by atoms with Gasteiger partial charge in [0, 0.05) is 25.9 Å². The van der Waals surface area contributed by atoms with Crippen LogP contribution in [-0.4, -0.2) is 52.6 Å². The number of benzene rings is 1. The van der Waals surface area contributed by atoms with E-state index in [4.69, 9.17) is 4.74 Å². The molecule has 0 aliphatic carbocycles. The van der Waals surface area contributed by atoms with Gasteiger partial charge in [-0.05, 0) is 38.8 Å². The number of nitrogens with one attached hydrogen (secondary N) is 2. The molecule has 0 spiro atoms. The zero-order valence-electron chi connectivity index (χ0n) is 15.0. The van der Waals surface area contributed by atoms with Gasteiger partial charge in [0.05, 0.1) is 12.4 Å². The number of aliphatic imine (C=N–C) groups is 1. The Kier molecular flexibility index (Phi) is 8.60. The summed E-state index contributed by atoms with van der Waals surface area (Å²) in [6, 6.07) is 8.02. The predicted octanol–water partition coefficient (Wildman–Crippen LogP) is 1.75. The molecule has 0 aromatic heterocycles. The highest BCUT2D eigenvalue weighted by Crippen LogP contribution is 2.11. The zero-order valence-corrected chi connectivity index (χ0v) is 15.8. The highest BCUT2D eigenvalue weighted by molar-refractivity contribution is 7.90. The van der Waals surface area contributed by atoms with E-state index in [1.165, 1.54) is 11.8 Å². The van der Waals surface area contributed by atoms with Crippen LogP contribution in [0.5, 0.6) is 5.75 Å². The summed E-state index contributed by atoms with van der Waals surface area (Å²) in [5.74, 6) is 1.71. The maximum atomic E-state index is 11.2. The quantitative estimate of drug-likeness (QED) is 0.401. The van der Waals surface area contributed by atoms with Gasteiger partial charge in [0.15, 0.2) is 5.96 Å². The van der Waals surface area contributed by atoms with E-state index >= 15 is 0 Å². The molecule has 1 unspecified atom stereocenters. The Morgan fingerprint density at radius 1 is 1.29 bits per heavy atom. The van der Waals surface area contributed by atoms with E-state index in [0.717, 1.165) is 18.7 Å². The summed E-state index contributed by atoms with van der Waals surface area (Å²) < 4.78 is 28.0. The molecule has 0 radical (unpaired) electrons. The topological polar surface area (TPSA) is 79.8 Å². The third-order valence-electron chi connectivity index (χ3n) is 3.43. The lowest BCUT2D eigenvalue weighted by molar-refractivity contribution is 0.311. The number of nitrogens with zero attached hydrogens (tertiary/aromatic N) is 1. The number of aryl methyl sites for hydroxylation is 1. The van der Waals surface area contributed by atoms with Crippen molar-refractivity contribution in [1.29, 1.82) is 0 Å². The van der Waals surface area contributed by atoms with Crippen molar-refractivity contribution in [2.75, 3.05) is 32.2 Å². The number of sulfone groups is 1. The molecule has 0 heterocycles. The lowest BCUT2D eigenvalue weighted by Crippen LogP contribution is -2.43. The molecule has 0 bridgehead atoms. The summed E-state index contributed by atoms with van der Waals surface area (Å²) in [7, 11) is -1.24. The number of guanidine groups is 1. The van der Waals surface area contributed by atoms with Crippen LogP contribution in [0.3, 0.4) is 0 Å². The van der Waals surface area contributed by atoms with Gasteiger partial charge in [0.1, 0.15) is 15.6 Å². The van der Waals surface area contributed by atoms with Crippen molar-refractivity contribution in [3.63, 3.8) is 0 Å². The van der Waals surface area contributed by atoms with Gasteiger partial charge < -0.3 is 15.4 Å². The standard InChI is InChI=1S/C17H29N3O3S/c1-14-6-8-16(9-7-14)23-12-5-11-19-17(18-3)20-15(2)10-13-24(4,21)22/h6-9,15H,5,10-13H2,1-4H3,(H2,18,19,20).